The molecule has 2 aromatic heterocycles. The van der Waals surface area contributed by atoms with Gasteiger partial charge >= 0.3 is 0 Å². The quantitative estimate of drug-likeness (QED) is 0.573. The zero-order valence-corrected chi connectivity index (χ0v) is 13.6. The van der Waals surface area contributed by atoms with E-state index in [0.29, 0.717) is 11.3 Å². The molecule has 1 N–H and O–H groups in total. The highest BCUT2D eigenvalue weighted by Crippen LogP contribution is 2.25. The molecule has 0 bridgehead atoms. The molecule has 134 valence electrons. The fourth-order valence-corrected chi connectivity index (χ4v) is 2.42. The number of aromatic nitrogens is 2. The van der Waals surface area contributed by atoms with Gasteiger partial charge in [0.1, 0.15) is 0 Å². The monoisotopic (exact) mass is 367 g/mol. The molecule has 0 aliphatic rings. The van der Waals surface area contributed by atoms with Crippen LogP contribution < -0.4 is 5.32 Å². The van der Waals surface area contributed by atoms with Gasteiger partial charge in [0.05, 0.1) is 6.26 Å². The van der Waals surface area contributed by atoms with Crippen LogP contribution in [-0.4, -0.2) is 16.0 Å². The fourth-order valence-electron chi connectivity index (χ4n) is 2.42. The van der Waals surface area contributed by atoms with Crippen LogP contribution in [0.3, 0.4) is 0 Å². The third kappa shape index (κ3) is 3.45. The first-order valence-corrected chi connectivity index (χ1v) is 7.84. The Kier molecular flexibility index (Phi) is 4.21. The van der Waals surface area contributed by atoms with E-state index in [9.17, 15) is 13.6 Å². The van der Waals surface area contributed by atoms with Gasteiger partial charge in [0.2, 0.25) is 5.82 Å². The van der Waals surface area contributed by atoms with Crippen molar-refractivity contribution in [3.05, 3.63) is 78.3 Å². The highest BCUT2D eigenvalue weighted by molar-refractivity contribution is 6.02. The van der Waals surface area contributed by atoms with E-state index in [1.807, 2.05) is 0 Å². The molecular formula is C19H11F2N3O3. The van der Waals surface area contributed by atoms with Crippen LogP contribution in [0.15, 0.2) is 69.8 Å². The SMILES string of the molecule is O=C(Nc1cccc(-c2nc(-c3ccc(F)c(F)c3)no2)c1)c1ccco1. The highest BCUT2D eigenvalue weighted by atomic mass is 19.2. The van der Waals surface area contributed by atoms with Crippen LogP contribution in [0.5, 0.6) is 0 Å². The number of hydrogen-bond donors (Lipinski definition) is 1. The molecule has 0 saturated heterocycles. The lowest BCUT2D eigenvalue weighted by atomic mass is 10.2. The van der Waals surface area contributed by atoms with Gasteiger partial charge in [0, 0.05) is 16.8 Å². The zero-order chi connectivity index (χ0) is 18.8. The number of furan rings is 1. The van der Waals surface area contributed by atoms with E-state index in [1.54, 1.807) is 36.4 Å². The summed E-state index contributed by atoms with van der Waals surface area (Å²) < 4.78 is 36.7. The molecule has 4 rings (SSSR count). The van der Waals surface area contributed by atoms with Crippen LogP contribution in [0, 0.1) is 11.6 Å². The van der Waals surface area contributed by atoms with Crippen LogP contribution in [0.4, 0.5) is 14.5 Å². The van der Waals surface area contributed by atoms with Crippen molar-refractivity contribution in [1.82, 2.24) is 10.1 Å². The summed E-state index contributed by atoms with van der Waals surface area (Å²) in [6, 6.07) is 13.2. The van der Waals surface area contributed by atoms with E-state index in [-0.39, 0.29) is 23.0 Å². The number of nitrogens with one attached hydrogen (secondary N) is 1. The average molecular weight is 367 g/mol. The minimum Gasteiger partial charge on any atom is -0.459 e. The molecule has 0 fully saturated rings. The van der Waals surface area contributed by atoms with Crippen LogP contribution in [0.1, 0.15) is 10.6 Å². The van der Waals surface area contributed by atoms with Crippen molar-refractivity contribution in [1.29, 1.82) is 0 Å². The number of anilines is 1. The van der Waals surface area contributed by atoms with Gasteiger partial charge in [-0.3, -0.25) is 4.79 Å². The smallest absolute Gasteiger partial charge is 0.291 e. The molecule has 4 aromatic rings. The van der Waals surface area contributed by atoms with Crippen molar-refractivity contribution in [3.8, 4) is 22.8 Å². The maximum atomic E-state index is 13.4. The van der Waals surface area contributed by atoms with Gasteiger partial charge in [-0.2, -0.15) is 4.98 Å². The van der Waals surface area contributed by atoms with E-state index in [0.717, 1.165) is 12.1 Å². The minimum atomic E-state index is -0.999. The lowest BCUT2D eigenvalue weighted by molar-refractivity contribution is 0.0996. The normalized spacial score (nSPS) is 10.7. The standard InChI is InChI=1S/C19H11F2N3O3/c20-14-7-6-11(10-15(14)21)17-23-19(27-24-17)12-3-1-4-13(9-12)22-18(25)16-5-2-8-26-16/h1-10H,(H,22,25). The molecule has 8 heteroatoms. The molecular weight excluding hydrogens is 356 g/mol. The van der Waals surface area contributed by atoms with Gasteiger partial charge in [0.15, 0.2) is 17.4 Å². The van der Waals surface area contributed by atoms with Crippen LogP contribution >= 0.6 is 0 Å². The molecule has 0 aliphatic carbocycles. The molecule has 0 unspecified atom stereocenters. The Balaban J connectivity index is 1.58. The lowest BCUT2D eigenvalue weighted by Crippen LogP contribution is -2.10. The second-order valence-corrected chi connectivity index (χ2v) is 5.56. The second kappa shape index (κ2) is 6.83. The molecule has 0 spiro atoms. The maximum Gasteiger partial charge on any atom is 0.291 e. The molecule has 0 saturated carbocycles. The number of amides is 1. The summed E-state index contributed by atoms with van der Waals surface area (Å²) in [6.45, 7) is 0. The summed E-state index contributed by atoms with van der Waals surface area (Å²) in [5, 5.41) is 6.48. The molecule has 0 radical (unpaired) electrons. The van der Waals surface area contributed by atoms with Gasteiger partial charge in [0.25, 0.3) is 11.8 Å². The Bertz CT molecular complexity index is 1110. The van der Waals surface area contributed by atoms with Crippen molar-refractivity contribution >= 4 is 11.6 Å². The van der Waals surface area contributed by atoms with Gasteiger partial charge in [-0.1, -0.05) is 11.2 Å². The Morgan fingerprint density at radius 3 is 2.63 bits per heavy atom. The molecule has 6 nitrogen and oxygen atoms in total. The average Bonchev–Trinajstić information content (AvgIpc) is 3.36. The zero-order valence-electron chi connectivity index (χ0n) is 13.6. The largest absolute Gasteiger partial charge is 0.459 e. The topological polar surface area (TPSA) is 81.2 Å². The van der Waals surface area contributed by atoms with Crippen LogP contribution in [-0.2, 0) is 0 Å². The highest BCUT2D eigenvalue weighted by Gasteiger charge is 2.14. The van der Waals surface area contributed by atoms with E-state index < -0.39 is 17.5 Å². The van der Waals surface area contributed by atoms with E-state index in [2.05, 4.69) is 15.5 Å². The Labute approximate surface area is 151 Å². The fraction of sp³-hybridized carbons (Fsp3) is 0. The first kappa shape index (κ1) is 16.6. The number of carbonyl (C=O) groups excluding carboxylic acids is 1. The van der Waals surface area contributed by atoms with Crippen LogP contribution in [0.25, 0.3) is 22.8 Å². The third-order valence-electron chi connectivity index (χ3n) is 3.72. The van der Waals surface area contributed by atoms with Crippen molar-refractivity contribution in [2.45, 2.75) is 0 Å². The predicted molar refractivity (Wildman–Crippen MR) is 91.7 cm³/mol. The summed E-state index contributed by atoms with van der Waals surface area (Å²) >= 11 is 0. The van der Waals surface area contributed by atoms with Crippen molar-refractivity contribution in [3.63, 3.8) is 0 Å². The number of benzene rings is 2. The van der Waals surface area contributed by atoms with Crippen molar-refractivity contribution in [2.24, 2.45) is 0 Å². The third-order valence-corrected chi connectivity index (χ3v) is 3.72. The molecule has 2 aromatic carbocycles. The van der Waals surface area contributed by atoms with Crippen molar-refractivity contribution in [2.75, 3.05) is 5.32 Å². The van der Waals surface area contributed by atoms with Crippen molar-refractivity contribution < 1.29 is 22.5 Å². The number of rotatable bonds is 4. The summed E-state index contributed by atoms with van der Waals surface area (Å²) in [6.07, 6.45) is 1.41. The summed E-state index contributed by atoms with van der Waals surface area (Å²) in [4.78, 5) is 16.2. The second-order valence-electron chi connectivity index (χ2n) is 5.56. The first-order chi connectivity index (χ1) is 13.1. The summed E-state index contributed by atoms with van der Waals surface area (Å²) in [5.41, 5.74) is 1.33. The number of nitrogens with zero attached hydrogens (tertiary/aromatic N) is 2. The number of carbonyl (C=O) groups is 1. The molecule has 1 amide bonds. The van der Waals surface area contributed by atoms with Gasteiger partial charge in [-0.05, 0) is 48.5 Å². The Morgan fingerprint density at radius 1 is 0.963 bits per heavy atom. The van der Waals surface area contributed by atoms with Gasteiger partial charge in [-0.15, -0.1) is 0 Å². The first-order valence-electron chi connectivity index (χ1n) is 7.84. The molecule has 27 heavy (non-hydrogen) atoms. The number of halogens is 2. The van der Waals surface area contributed by atoms with E-state index in [4.69, 9.17) is 8.94 Å². The minimum absolute atomic E-state index is 0.119. The van der Waals surface area contributed by atoms with Crippen LogP contribution in [0.2, 0.25) is 0 Å². The molecule has 2 heterocycles. The summed E-state index contributed by atoms with van der Waals surface area (Å²) in [7, 11) is 0. The van der Waals surface area contributed by atoms with E-state index >= 15 is 0 Å². The lowest BCUT2D eigenvalue weighted by Gasteiger charge is -2.04. The summed E-state index contributed by atoms with van der Waals surface area (Å²) in [5.74, 6) is -1.88. The maximum absolute atomic E-state index is 13.4. The Hall–Kier alpha value is -3.81. The number of hydrogen-bond acceptors (Lipinski definition) is 5. The predicted octanol–water partition coefficient (Wildman–Crippen LogP) is 4.53. The van der Waals surface area contributed by atoms with Gasteiger partial charge in [-0.25, -0.2) is 8.78 Å². The molecule has 0 aliphatic heterocycles. The van der Waals surface area contributed by atoms with E-state index in [1.165, 1.54) is 12.3 Å². The van der Waals surface area contributed by atoms with Gasteiger partial charge < -0.3 is 14.3 Å². The molecule has 0 atom stereocenters. The Morgan fingerprint density at radius 2 is 1.85 bits per heavy atom.